The molecule has 4 nitrogen and oxygen atoms in total. The number of H-pyrrole nitrogens is 1. The van der Waals surface area contributed by atoms with Crippen LogP contribution in [0.4, 0.5) is 11.6 Å². The van der Waals surface area contributed by atoms with Crippen LogP contribution in [0.5, 0.6) is 0 Å². The standard InChI is InChI=1S/C16H15ClN4/c1-10-9-19-11(2)15(10)14-7-8-18-16(21-14)20-13-5-3-12(17)4-6-13/h3-9,19H,1-2H3,(H,18,20,21). The van der Waals surface area contributed by atoms with E-state index in [2.05, 4.69) is 27.2 Å². The van der Waals surface area contributed by atoms with Crippen LogP contribution in [0.1, 0.15) is 11.3 Å². The number of halogens is 1. The smallest absolute Gasteiger partial charge is 0.227 e. The van der Waals surface area contributed by atoms with Gasteiger partial charge in [-0.25, -0.2) is 9.97 Å². The predicted octanol–water partition coefficient (Wildman–Crippen LogP) is 4.49. The normalized spacial score (nSPS) is 10.6. The number of nitrogens with zero attached hydrogens (tertiary/aromatic N) is 2. The largest absolute Gasteiger partial charge is 0.364 e. The zero-order valence-electron chi connectivity index (χ0n) is 11.8. The Labute approximate surface area is 128 Å². The maximum atomic E-state index is 5.88. The SMILES string of the molecule is Cc1c[nH]c(C)c1-c1ccnc(Nc2ccc(Cl)cc2)n1. The highest BCUT2D eigenvalue weighted by Crippen LogP contribution is 2.26. The van der Waals surface area contributed by atoms with Crippen molar-refractivity contribution in [3.05, 3.63) is 59.0 Å². The lowest BCUT2D eigenvalue weighted by Crippen LogP contribution is -1.98. The predicted molar refractivity (Wildman–Crippen MR) is 86.0 cm³/mol. The summed E-state index contributed by atoms with van der Waals surface area (Å²) in [5.41, 5.74) is 5.20. The van der Waals surface area contributed by atoms with Gasteiger partial charge in [0.2, 0.25) is 5.95 Å². The van der Waals surface area contributed by atoms with Crippen LogP contribution in [0.2, 0.25) is 5.02 Å². The van der Waals surface area contributed by atoms with Crippen LogP contribution >= 0.6 is 11.6 Å². The van der Waals surface area contributed by atoms with Crippen LogP contribution in [0, 0.1) is 13.8 Å². The second kappa shape index (κ2) is 5.58. The molecule has 21 heavy (non-hydrogen) atoms. The summed E-state index contributed by atoms with van der Waals surface area (Å²) in [6.45, 7) is 4.10. The maximum Gasteiger partial charge on any atom is 0.227 e. The zero-order chi connectivity index (χ0) is 14.8. The highest BCUT2D eigenvalue weighted by atomic mass is 35.5. The van der Waals surface area contributed by atoms with Gasteiger partial charge in [0.05, 0.1) is 5.69 Å². The third kappa shape index (κ3) is 2.90. The molecule has 0 saturated carbocycles. The molecule has 0 aliphatic carbocycles. The summed E-state index contributed by atoms with van der Waals surface area (Å²) < 4.78 is 0. The molecule has 0 fully saturated rings. The van der Waals surface area contributed by atoms with E-state index >= 15 is 0 Å². The third-order valence-corrected chi connectivity index (χ3v) is 3.54. The summed E-state index contributed by atoms with van der Waals surface area (Å²) in [6, 6.07) is 9.36. The molecule has 5 heteroatoms. The Kier molecular flexibility index (Phi) is 3.62. The Morgan fingerprint density at radius 2 is 1.86 bits per heavy atom. The molecule has 2 aromatic heterocycles. The van der Waals surface area contributed by atoms with E-state index in [4.69, 9.17) is 11.6 Å². The molecule has 0 bridgehead atoms. The lowest BCUT2D eigenvalue weighted by atomic mass is 10.1. The second-order valence-electron chi connectivity index (χ2n) is 4.87. The maximum absolute atomic E-state index is 5.88. The van der Waals surface area contributed by atoms with Crippen LogP contribution in [0.3, 0.4) is 0 Å². The molecule has 2 N–H and O–H groups in total. The van der Waals surface area contributed by atoms with Crippen LogP contribution in [0.25, 0.3) is 11.3 Å². The Morgan fingerprint density at radius 1 is 1.10 bits per heavy atom. The fourth-order valence-corrected chi connectivity index (χ4v) is 2.40. The number of aromatic amines is 1. The first-order chi connectivity index (χ1) is 10.1. The molecule has 1 aromatic carbocycles. The van der Waals surface area contributed by atoms with Crippen molar-refractivity contribution in [2.45, 2.75) is 13.8 Å². The van der Waals surface area contributed by atoms with Gasteiger partial charge in [0.15, 0.2) is 0 Å². The number of hydrogen-bond acceptors (Lipinski definition) is 3. The molecule has 3 aromatic rings. The molecule has 0 amide bonds. The lowest BCUT2D eigenvalue weighted by Gasteiger charge is -2.07. The topological polar surface area (TPSA) is 53.6 Å². The summed E-state index contributed by atoms with van der Waals surface area (Å²) in [6.07, 6.45) is 3.74. The van der Waals surface area contributed by atoms with E-state index < -0.39 is 0 Å². The van der Waals surface area contributed by atoms with Gasteiger partial charge in [0, 0.05) is 34.4 Å². The van der Waals surface area contributed by atoms with E-state index in [9.17, 15) is 0 Å². The molecule has 0 saturated heterocycles. The third-order valence-electron chi connectivity index (χ3n) is 3.29. The average Bonchev–Trinajstić information content (AvgIpc) is 2.81. The molecule has 0 unspecified atom stereocenters. The Bertz CT molecular complexity index is 743. The van der Waals surface area contributed by atoms with Gasteiger partial charge in [0.1, 0.15) is 0 Å². The first-order valence-corrected chi connectivity index (χ1v) is 7.02. The number of rotatable bonds is 3. The number of aromatic nitrogens is 3. The second-order valence-corrected chi connectivity index (χ2v) is 5.31. The highest BCUT2D eigenvalue weighted by molar-refractivity contribution is 6.30. The molecule has 0 spiro atoms. The molecular weight excluding hydrogens is 284 g/mol. The van der Waals surface area contributed by atoms with Gasteiger partial charge in [-0.05, 0) is 49.7 Å². The van der Waals surface area contributed by atoms with Crippen molar-refractivity contribution in [2.75, 3.05) is 5.32 Å². The van der Waals surface area contributed by atoms with Crippen molar-refractivity contribution in [3.63, 3.8) is 0 Å². The van der Waals surface area contributed by atoms with Crippen molar-refractivity contribution >= 4 is 23.2 Å². The van der Waals surface area contributed by atoms with E-state index in [-0.39, 0.29) is 0 Å². The monoisotopic (exact) mass is 298 g/mol. The van der Waals surface area contributed by atoms with Gasteiger partial charge in [-0.3, -0.25) is 0 Å². The number of anilines is 2. The molecular formula is C16H15ClN4. The first kappa shape index (κ1) is 13.6. The minimum absolute atomic E-state index is 0.565. The minimum Gasteiger partial charge on any atom is -0.364 e. The Balaban J connectivity index is 1.92. The van der Waals surface area contributed by atoms with Crippen molar-refractivity contribution in [2.24, 2.45) is 0 Å². The van der Waals surface area contributed by atoms with Crippen molar-refractivity contribution in [3.8, 4) is 11.3 Å². The van der Waals surface area contributed by atoms with Crippen LogP contribution < -0.4 is 5.32 Å². The summed E-state index contributed by atoms with van der Waals surface area (Å²) >= 11 is 5.88. The van der Waals surface area contributed by atoms with E-state index in [1.165, 1.54) is 5.56 Å². The number of benzene rings is 1. The molecule has 3 rings (SSSR count). The molecule has 106 valence electrons. The van der Waals surface area contributed by atoms with Crippen molar-refractivity contribution in [1.82, 2.24) is 15.0 Å². The highest BCUT2D eigenvalue weighted by Gasteiger charge is 2.09. The fraction of sp³-hybridized carbons (Fsp3) is 0.125. The molecule has 0 radical (unpaired) electrons. The average molecular weight is 299 g/mol. The van der Waals surface area contributed by atoms with E-state index in [1.54, 1.807) is 6.20 Å². The zero-order valence-corrected chi connectivity index (χ0v) is 12.6. The van der Waals surface area contributed by atoms with Gasteiger partial charge in [-0.2, -0.15) is 0 Å². The number of aryl methyl sites for hydroxylation is 2. The first-order valence-electron chi connectivity index (χ1n) is 6.64. The Morgan fingerprint density at radius 3 is 2.52 bits per heavy atom. The van der Waals surface area contributed by atoms with Gasteiger partial charge >= 0.3 is 0 Å². The van der Waals surface area contributed by atoms with Gasteiger partial charge in [-0.1, -0.05) is 11.6 Å². The van der Waals surface area contributed by atoms with E-state index in [0.29, 0.717) is 11.0 Å². The fourth-order valence-electron chi connectivity index (χ4n) is 2.27. The van der Waals surface area contributed by atoms with Crippen LogP contribution in [0.15, 0.2) is 42.7 Å². The molecule has 2 heterocycles. The van der Waals surface area contributed by atoms with Crippen molar-refractivity contribution < 1.29 is 0 Å². The van der Waals surface area contributed by atoms with Crippen molar-refractivity contribution in [1.29, 1.82) is 0 Å². The molecule has 0 atom stereocenters. The summed E-state index contributed by atoms with van der Waals surface area (Å²) in [4.78, 5) is 12.1. The van der Waals surface area contributed by atoms with Crippen LogP contribution in [-0.4, -0.2) is 15.0 Å². The molecule has 0 aliphatic heterocycles. The Hall–Kier alpha value is -2.33. The van der Waals surface area contributed by atoms with E-state index in [1.807, 2.05) is 43.5 Å². The summed E-state index contributed by atoms with van der Waals surface area (Å²) in [5.74, 6) is 0.565. The number of hydrogen-bond donors (Lipinski definition) is 2. The van der Waals surface area contributed by atoms with Gasteiger partial charge in [-0.15, -0.1) is 0 Å². The van der Waals surface area contributed by atoms with E-state index in [0.717, 1.165) is 22.6 Å². The summed E-state index contributed by atoms with van der Waals surface area (Å²) in [7, 11) is 0. The minimum atomic E-state index is 0.565. The van der Waals surface area contributed by atoms with Crippen LogP contribution in [-0.2, 0) is 0 Å². The number of nitrogens with one attached hydrogen (secondary N) is 2. The lowest BCUT2D eigenvalue weighted by molar-refractivity contribution is 1.16. The molecule has 0 aliphatic rings. The van der Waals surface area contributed by atoms with Gasteiger partial charge < -0.3 is 10.3 Å². The summed E-state index contributed by atoms with van der Waals surface area (Å²) in [5, 5.41) is 3.88. The van der Waals surface area contributed by atoms with Gasteiger partial charge in [0.25, 0.3) is 0 Å². The quantitative estimate of drug-likeness (QED) is 0.749.